The van der Waals surface area contributed by atoms with E-state index >= 15 is 0 Å². The quantitative estimate of drug-likeness (QED) is 0.838. The van der Waals surface area contributed by atoms with Crippen LogP contribution in [0.4, 0.5) is 10.1 Å². The van der Waals surface area contributed by atoms with Crippen LogP contribution in [-0.4, -0.2) is 22.9 Å². The summed E-state index contributed by atoms with van der Waals surface area (Å²) in [6, 6.07) is 5.73. The molecule has 92 valence electrons. The number of rotatable bonds is 2. The third-order valence-corrected chi connectivity index (χ3v) is 2.53. The number of hydrogen-bond acceptors (Lipinski definition) is 3. The average molecular weight is 266 g/mol. The zero-order valence-electron chi connectivity index (χ0n) is 9.47. The average Bonchev–Trinajstić information content (AvgIpc) is 2.38. The van der Waals surface area contributed by atoms with Crippen molar-refractivity contribution in [3.8, 4) is 0 Å². The van der Waals surface area contributed by atoms with E-state index in [1.54, 1.807) is 6.07 Å². The lowest BCUT2D eigenvalue weighted by molar-refractivity contribution is 0.0988. The molecule has 6 heteroatoms. The van der Waals surface area contributed by atoms with E-state index in [2.05, 4.69) is 9.97 Å². The third kappa shape index (κ3) is 2.62. The van der Waals surface area contributed by atoms with Crippen molar-refractivity contribution in [3.63, 3.8) is 0 Å². The Morgan fingerprint density at radius 1 is 1.33 bits per heavy atom. The summed E-state index contributed by atoms with van der Waals surface area (Å²) in [5.74, 6) is -0.792. The summed E-state index contributed by atoms with van der Waals surface area (Å²) in [4.78, 5) is 21.0. The van der Waals surface area contributed by atoms with Gasteiger partial charge in [0.2, 0.25) is 0 Å². The van der Waals surface area contributed by atoms with Crippen molar-refractivity contribution < 1.29 is 9.18 Å². The minimum atomic E-state index is -0.408. The number of carbonyl (C=O) groups is 1. The van der Waals surface area contributed by atoms with Crippen molar-refractivity contribution in [2.24, 2.45) is 0 Å². The Bertz CT molecular complexity index is 574. The molecule has 0 atom stereocenters. The van der Waals surface area contributed by atoms with E-state index in [1.165, 1.54) is 42.5 Å². The van der Waals surface area contributed by atoms with Crippen molar-refractivity contribution in [2.75, 3.05) is 11.9 Å². The number of hydrogen-bond donors (Lipinski definition) is 0. The summed E-state index contributed by atoms with van der Waals surface area (Å²) in [6.45, 7) is 0. The minimum Gasteiger partial charge on any atom is -0.310 e. The van der Waals surface area contributed by atoms with Gasteiger partial charge in [-0.3, -0.25) is 4.79 Å². The predicted molar refractivity (Wildman–Crippen MR) is 66.2 cm³/mol. The molecule has 4 nitrogen and oxygen atoms in total. The van der Waals surface area contributed by atoms with E-state index in [-0.39, 0.29) is 16.8 Å². The topological polar surface area (TPSA) is 46.1 Å². The summed E-state index contributed by atoms with van der Waals surface area (Å²) in [5, 5.41) is 0.208. The van der Waals surface area contributed by atoms with Crippen LogP contribution in [-0.2, 0) is 0 Å². The molecule has 1 heterocycles. The van der Waals surface area contributed by atoms with E-state index in [0.29, 0.717) is 5.69 Å². The maximum Gasteiger partial charge on any atom is 0.278 e. The minimum absolute atomic E-state index is 0.145. The maximum atomic E-state index is 13.1. The third-order valence-electron chi connectivity index (χ3n) is 2.34. The van der Waals surface area contributed by atoms with Crippen LogP contribution in [0.25, 0.3) is 0 Å². The van der Waals surface area contributed by atoms with Crippen molar-refractivity contribution in [2.45, 2.75) is 0 Å². The molecule has 0 aliphatic heterocycles. The summed E-state index contributed by atoms with van der Waals surface area (Å²) in [7, 11) is 1.54. The van der Waals surface area contributed by atoms with Gasteiger partial charge in [0.1, 0.15) is 16.7 Å². The largest absolute Gasteiger partial charge is 0.310 e. The summed E-state index contributed by atoms with van der Waals surface area (Å²) < 4.78 is 13.1. The molecule has 0 saturated carbocycles. The second-order valence-corrected chi connectivity index (χ2v) is 3.96. The highest BCUT2D eigenvalue weighted by Gasteiger charge is 2.15. The fourth-order valence-electron chi connectivity index (χ4n) is 1.40. The Hall–Kier alpha value is -2.01. The molecule has 0 saturated heterocycles. The first-order valence-electron chi connectivity index (χ1n) is 5.09. The van der Waals surface area contributed by atoms with Gasteiger partial charge in [-0.15, -0.1) is 0 Å². The van der Waals surface area contributed by atoms with Crippen LogP contribution >= 0.6 is 11.6 Å². The van der Waals surface area contributed by atoms with Crippen molar-refractivity contribution >= 4 is 23.2 Å². The van der Waals surface area contributed by atoms with Gasteiger partial charge in [0.25, 0.3) is 5.91 Å². The molecule has 0 unspecified atom stereocenters. The van der Waals surface area contributed by atoms with Crippen LogP contribution in [0.1, 0.15) is 10.5 Å². The Morgan fingerprint density at radius 2 is 2.11 bits per heavy atom. The Labute approximate surface area is 108 Å². The van der Waals surface area contributed by atoms with E-state index in [1.807, 2.05) is 0 Å². The van der Waals surface area contributed by atoms with E-state index in [0.717, 1.165) is 0 Å². The van der Waals surface area contributed by atoms with Crippen LogP contribution in [0.2, 0.25) is 5.15 Å². The van der Waals surface area contributed by atoms with Crippen LogP contribution in [0.15, 0.2) is 36.7 Å². The van der Waals surface area contributed by atoms with E-state index < -0.39 is 5.82 Å². The number of amides is 1. The number of aromatic nitrogens is 2. The monoisotopic (exact) mass is 265 g/mol. The maximum absolute atomic E-state index is 13.1. The summed E-state index contributed by atoms with van der Waals surface area (Å²) in [5.41, 5.74) is 0.586. The number of nitrogens with zero attached hydrogens (tertiary/aromatic N) is 3. The summed E-state index contributed by atoms with van der Waals surface area (Å²) in [6.07, 6.45) is 2.56. The molecule has 18 heavy (non-hydrogen) atoms. The number of carbonyl (C=O) groups excluding carboxylic acids is 1. The molecule has 1 aromatic carbocycles. The van der Waals surface area contributed by atoms with E-state index in [9.17, 15) is 9.18 Å². The van der Waals surface area contributed by atoms with Crippen LogP contribution in [0.5, 0.6) is 0 Å². The molecule has 0 fully saturated rings. The zero-order valence-corrected chi connectivity index (χ0v) is 10.2. The molecule has 0 bridgehead atoms. The molecule has 1 aromatic heterocycles. The van der Waals surface area contributed by atoms with Crippen molar-refractivity contribution in [1.29, 1.82) is 0 Å². The lowest BCUT2D eigenvalue weighted by atomic mass is 10.2. The Balaban J connectivity index is 2.26. The molecule has 0 aliphatic rings. The van der Waals surface area contributed by atoms with Crippen molar-refractivity contribution in [3.05, 3.63) is 53.3 Å². The lowest BCUT2D eigenvalue weighted by Gasteiger charge is -2.16. The molecule has 2 aromatic rings. The molecule has 2 rings (SSSR count). The van der Waals surface area contributed by atoms with Crippen LogP contribution in [0.3, 0.4) is 0 Å². The molecular formula is C12H9ClFN3O. The predicted octanol–water partition coefficient (Wildman–Crippen LogP) is 2.55. The highest BCUT2D eigenvalue weighted by Crippen LogP contribution is 2.16. The highest BCUT2D eigenvalue weighted by atomic mass is 35.5. The Morgan fingerprint density at radius 3 is 2.72 bits per heavy atom. The first-order valence-corrected chi connectivity index (χ1v) is 5.47. The molecule has 1 amide bonds. The van der Waals surface area contributed by atoms with Crippen LogP contribution in [0, 0.1) is 5.82 Å². The fourth-order valence-corrected chi connectivity index (χ4v) is 1.49. The fraction of sp³-hybridized carbons (Fsp3) is 0.0833. The molecule has 0 spiro atoms. The first-order chi connectivity index (χ1) is 8.58. The number of benzene rings is 1. The molecule has 0 aliphatic carbocycles. The van der Waals surface area contributed by atoms with Gasteiger partial charge in [0.05, 0.1) is 12.4 Å². The van der Waals surface area contributed by atoms with Gasteiger partial charge in [0.15, 0.2) is 0 Å². The van der Waals surface area contributed by atoms with Gasteiger partial charge in [-0.1, -0.05) is 17.7 Å². The summed E-state index contributed by atoms with van der Waals surface area (Å²) >= 11 is 5.59. The molecular weight excluding hydrogens is 257 g/mol. The SMILES string of the molecule is CN(C(=O)c1cnc(Cl)cn1)c1cccc(F)c1. The van der Waals surface area contributed by atoms with Crippen LogP contribution < -0.4 is 4.90 Å². The Kier molecular flexibility index (Phi) is 3.53. The number of halogens is 2. The van der Waals surface area contributed by atoms with Crippen molar-refractivity contribution in [1.82, 2.24) is 9.97 Å². The van der Waals surface area contributed by atoms with Gasteiger partial charge >= 0.3 is 0 Å². The molecule has 0 radical (unpaired) electrons. The number of anilines is 1. The van der Waals surface area contributed by atoms with E-state index in [4.69, 9.17) is 11.6 Å². The first kappa shape index (κ1) is 12.4. The van der Waals surface area contributed by atoms with Gasteiger partial charge in [0, 0.05) is 12.7 Å². The normalized spacial score (nSPS) is 10.2. The second kappa shape index (κ2) is 5.10. The lowest BCUT2D eigenvalue weighted by Crippen LogP contribution is -2.27. The van der Waals surface area contributed by atoms with Gasteiger partial charge in [-0.05, 0) is 18.2 Å². The van der Waals surface area contributed by atoms with Gasteiger partial charge in [-0.2, -0.15) is 0 Å². The van der Waals surface area contributed by atoms with Gasteiger partial charge in [-0.25, -0.2) is 14.4 Å². The zero-order chi connectivity index (χ0) is 13.1. The smallest absolute Gasteiger partial charge is 0.278 e. The van der Waals surface area contributed by atoms with Gasteiger partial charge < -0.3 is 4.90 Å². The molecule has 0 N–H and O–H groups in total. The standard InChI is InChI=1S/C12H9ClFN3O/c1-17(9-4-2-3-8(14)5-9)12(18)10-6-16-11(13)7-15-10/h2-7H,1H3. The highest BCUT2D eigenvalue weighted by molar-refractivity contribution is 6.29. The second-order valence-electron chi connectivity index (χ2n) is 3.57.